The fourth-order valence-electron chi connectivity index (χ4n) is 2.76. The largest absolute Gasteiger partial charge is 0.285 e. The van der Waals surface area contributed by atoms with E-state index in [0.717, 1.165) is 16.9 Å². The molecule has 4 aromatic rings. The first-order valence-corrected chi connectivity index (χ1v) is 9.16. The number of para-hydroxylation sites is 1. The molecule has 0 bridgehead atoms. The fourth-order valence-corrected chi connectivity index (χ4v) is 3.66. The zero-order valence-corrected chi connectivity index (χ0v) is 16.9. The van der Waals surface area contributed by atoms with Crippen molar-refractivity contribution in [2.24, 2.45) is 4.99 Å². The van der Waals surface area contributed by atoms with Crippen molar-refractivity contribution in [3.8, 4) is 16.9 Å². The van der Waals surface area contributed by atoms with Crippen LogP contribution in [0.3, 0.4) is 0 Å². The number of carbonyl (C=O) groups is 1. The number of nitrogens with zero attached hydrogens (tertiary/aromatic N) is 2. The molecule has 3 nitrogen and oxygen atoms in total. The molecule has 0 unspecified atom stereocenters. The van der Waals surface area contributed by atoms with Crippen molar-refractivity contribution in [2.75, 3.05) is 0 Å². The van der Waals surface area contributed by atoms with Gasteiger partial charge < -0.3 is 0 Å². The molecule has 0 N–H and O–H groups in total. The van der Waals surface area contributed by atoms with E-state index in [1.165, 1.54) is 11.3 Å². The summed E-state index contributed by atoms with van der Waals surface area (Å²) in [6.07, 6.45) is 0. The van der Waals surface area contributed by atoms with Crippen LogP contribution in [0.1, 0.15) is 10.4 Å². The lowest BCUT2D eigenvalue weighted by molar-refractivity contribution is 0.0998. The highest BCUT2D eigenvalue weighted by atomic mass is 79.9. The predicted molar refractivity (Wildman–Crippen MR) is 116 cm³/mol. The molecule has 0 atom stereocenters. The molecule has 1 heterocycles. The Bertz CT molecular complexity index is 1090. The molecule has 4 rings (SSSR count). The van der Waals surface area contributed by atoms with Gasteiger partial charge in [-0.25, -0.2) is 0 Å². The molecule has 0 radical (unpaired) electrons. The van der Waals surface area contributed by atoms with Crippen molar-refractivity contribution in [1.82, 2.24) is 4.57 Å². The predicted octanol–water partition coefficient (Wildman–Crippen LogP) is 5.52. The lowest BCUT2D eigenvalue weighted by Crippen LogP contribution is -2.16. The number of rotatable bonds is 3. The molecule has 3 aromatic carbocycles. The average Bonchev–Trinajstić information content (AvgIpc) is 3.13. The third kappa shape index (κ3) is 4.15. The molecule has 1 aromatic heterocycles. The second-order valence-electron chi connectivity index (χ2n) is 5.72. The first-order valence-electron chi connectivity index (χ1n) is 8.28. The Morgan fingerprint density at radius 1 is 0.778 bits per heavy atom. The summed E-state index contributed by atoms with van der Waals surface area (Å²) in [5.74, 6) is -0.239. The number of halogens is 1. The summed E-state index contributed by atoms with van der Waals surface area (Å²) in [6.45, 7) is 0. The Morgan fingerprint density at radius 2 is 1.33 bits per heavy atom. The van der Waals surface area contributed by atoms with Crippen LogP contribution in [0.15, 0.2) is 101 Å². The van der Waals surface area contributed by atoms with Gasteiger partial charge >= 0.3 is 0 Å². The maximum absolute atomic E-state index is 12.6. The quantitative estimate of drug-likeness (QED) is 0.415. The zero-order chi connectivity index (χ0) is 17.8. The third-order valence-corrected chi connectivity index (χ3v) is 4.84. The minimum absolute atomic E-state index is 0. The maximum atomic E-state index is 12.6. The van der Waals surface area contributed by atoms with Crippen LogP contribution in [-0.4, -0.2) is 10.5 Å². The molecule has 27 heavy (non-hydrogen) atoms. The van der Waals surface area contributed by atoms with E-state index in [0.29, 0.717) is 10.4 Å². The summed E-state index contributed by atoms with van der Waals surface area (Å²) < 4.78 is 2.03. The van der Waals surface area contributed by atoms with Gasteiger partial charge in [-0.1, -0.05) is 66.7 Å². The molecule has 0 fully saturated rings. The first kappa shape index (κ1) is 19.0. The van der Waals surface area contributed by atoms with E-state index in [1.807, 2.05) is 76.7 Å². The number of aromatic nitrogens is 1. The minimum atomic E-state index is -0.239. The van der Waals surface area contributed by atoms with Crippen LogP contribution in [0.4, 0.5) is 0 Å². The van der Waals surface area contributed by atoms with Gasteiger partial charge in [-0.3, -0.25) is 9.36 Å². The van der Waals surface area contributed by atoms with Crippen LogP contribution in [0.2, 0.25) is 0 Å². The first-order chi connectivity index (χ1) is 12.8. The Balaban J connectivity index is 0.00000210. The number of amides is 1. The topological polar surface area (TPSA) is 34.4 Å². The van der Waals surface area contributed by atoms with E-state index >= 15 is 0 Å². The SMILES string of the molecule is Br.O=C(N=c1scc(-c2ccccc2)n1-c1ccccc1)c1ccccc1. The van der Waals surface area contributed by atoms with E-state index in [1.54, 1.807) is 12.1 Å². The summed E-state index contributed by atoms with van der Waals surface area (Å²) in [5, 5.41) is 2.04. The van der Waals surface area contributed by atoms with E-state index in [4.69, 9.17) is 0 Å². The summed E-state index contributed by atoms with van der Waals surface area (Å²) in [7, 11) is 0. The van der Waals surface area contributed by atoms with Gasteiger partial charge in [0.2, 0.25) is 0 Å². The number of thiazole rings is 1. The lowest BCUT2D eigenvalue weighted by atomic mass is 10.1. The maximum Gasteiger partial charge on any atom is 0.279 e. The van der Waals surface area contributed by atoms with Crippen molar-refractivity contribution in [2.45, 2.75) is 0 Å². The monoisotopic (exact) mass is 436 g/mol. The normalized spacial score (nSPS) is 11.0. The van der Waals surface area contributed by atoms with Crippen molar-refractivity contribution in [1.29, 1.82) is 0 Å². The third-order valence-electron chi connectivity index (χ3n) is 4.01. The summed E-state index contributed by atoms with van der Waals surface area (Å²) in [5.41, 5.74) is 3.66. The highest BCUT2D eigenvalue weighted by molar-refractivity contribution is 8.93. The minimum Gasteiger partial charge on any atom is -0.285 e. The summed E-state index contributed by atoms with van der Waals surface area (Å²) in [4.78, 5) is 17.6. The van der Waals surface area contributed by atoms with Crippen molar-refractivity contribution in [3.63, 3.8) is 0 Å². The van der Waals surface area contributed by atoms with E-state index in [2.05, 4.69) is 17.1 Å². The standard InChI is InChI=1S/C22H16N2OS.BrH/c25-21(18-12-6-2-7-13-18)23-22-24(19-14-8-3-9-15-19)20(16-26-22)17-10-4-1-5-11-17;/h1-16H;1H. The highest BCUT2D eigenvalue weighted by Crippen LogP contribution is 2.23. The zero-order valence-electron chi connectivity index (χ0n) is 14.4. The molecule has 5 heteroatoms. The second-order valence-corrected chi connectivity index (χ2v) is 6.56. The van der Waals surface area contributed by atoms with Crippen molar-refractivity contribution < 1.29 is 4.79 Å². The molecule has 134 valence electrons. The number of hydrogen-bond acceptors (Lipinski definition) is 2. The summed E-state index contributed by atoms with van der Waals surface area (Å²) >= 11 is 1.46. The Kier molecular flexibility index (Phi) is 6.16. The molecular formula is C22H17BrN2OS. The van der Waals surface area contributed by atoms with Crippen LogP contribution in [0, 0.1) is 0 Å². The molecule has 0 aliphatic rings. The van der Waals surface area contributed by atoms with Gasteiger partial charge in [-0.15, -0.1) is 28.3 Å². The fraction of sp³-hybridized carbons (Fsp3) is 0. The average molecular weight is 437 g/mol. The van der Waals surface area contributed by atoms with E-state index in [-0.39, 0.29) is 22.9 Å². The van der Waals surface area contributed by atoms with Crippen LogP contribution in [0.25, 0.3) is 16.9 Å². The summed E-state index contributed by atoms with van der Waals surface area (Å²) in [6, 6.07) is 29.3. The molecule has 1 amide bonds. The number of carbonyl (C=O) groups excluding carboxylic acids is 1. The molecule has 0 saturated heterocycles. The van der Waals surface area contributed by atoms with Gasteiger partial charge in [0.15, 0.2) is 4.80 Å². The van der Waals surface area contributed by atoms with Crippen LogP contribution < -0.4 is 4.80 Å². The molecular weight excluding hydrogens is 420 g/mol. The van der Waals surface area contributed by atoms with Gasteiger partial charge in [0.1, 0.15) is 0 Å². The van der Waals surface area contributed by atoms with Crippen LogP contribution in [0.5, 0.6) is 0 Å². The van der Waals surface area contributed by atoms with Gasteiger partial charge in [0, 0.05) is 16.6 Å². The molecule has 0 saturated carbocycles. The number of hydrogen-bond donors (Lipinski definition) is 0. The highest BCUT2D eigenvalue weighted by Gasteiger charge is 2.11. The molecule has 0 aliphatic heterocycles. The Labute approximate surface area is 172 Å². The number of benzene rings is 3. The lowest BCUT2D eigenvalue weighted by Gasteiger charge is -2.09. The Morgan fingerprint density at radius 3 is 1.96 bits per heavy atom. The van der Waals surface area contributed by atoms with Crippen molar-refractivity contribution >= 4 is 34.2 Å². The second kappa shape index (κ2) is 8.75. The van der Waals surface area contributed by atoms with E-state index < -0.39 is 0 Å². The van der Waals surface area contributed by atoms with Crippen LogP contribution in [-0.2, 0) is 0 Å². The smallest absolute Gasteiger partial charge is 0.279 e. The molecule has 0 spiro atoms. The van der Waals surface area contributed by atoms with Crippen LogP contribution >= 0.6 is 28.3 Å². The van der Waals surface area contributed by atoms with Gasteiger partial charge in [-0.2, -0.15) is 4.99 Å². The van der Waals surface area contributed by atoms with Gasteiger partial charge in [0.05, 0.1) is 5.69 Å². The van der Waals surface area contributed by atoms with Gasteiger partial charge in [-0.05, 0) is 29.8 Å². The van der Waals surface area contributed by atoms with E-state index in [9.17, 15) is 4.79 Å². The van der Waals surface area contributed by atoms with Crippen molar-refractivity contribution in [3.05, 3.63) is 107 Å². The molecule has 0 aliphatic carbocycles. The Hall–Kier alpha value is -2.76. The van der Waals surface area contributed by atoms with Gasteiger partial charge in [0.25, 0.3) is 5.91 Å².